The Labute approximate surface area is 112 Å². The lowest BCUT2D eigenvalue weighted by molar-refractivity contribution is 0.352. The van der Waals surface area contributed by atoms with Gasteiger partial charge in [0.2, 0.25) is 0 Å². The second-order valence-corrected chi connectivity index (χ2v) is 5.82. The van der Waals surface area contributed by atoms with Crippen molar-refractivity contribution < 1.29 is 0 Å². The highest BCUT2D eigenvalue weighted by atomic mass is 14.9. The van der Waals surface area contributed by atoms with Crippen LogP contribution in [-0.4, -0.2) is 6.04 Å². The summed E-state index contributed by atoms with van der Waals surface area (Å²) in [5.74, 6) is 0.891. The van der Waals surface area contributed by atoms with Gasteiger partial charge in [0.25, 0.3) is 0 Å². The fourth-order valence-corrected chi connectivity index (χ4v) is 3.13. The van der Waals surface area contributed by atoms with Crippen molar-refractivity contribution in [3.8, 4) is 0 Å². The van der Waals surface area contributed by atoms with E-state index in [1.165, 1.54) is 36.8 Å². The highest BCUT2D eigenvalue weighted by Gasteiger charge is 2.22. The summed E-state index contributed by atoms with van der Waals surface area (Å²) in [5.41, 5.74) is 2.84. The molecule has 1 aromatic rings. The molecule has 1 fully saturated rings. The smallest absolute Gasteiger partial charge is 0.0294 e. The molecule has 0 heterocycles. The van der Waals surface area contributed by atoms with E-state index in [0.29, 0.717) is 12.1 Å². The van der Waals surface area contributed by atoms with E-state index >= 15 is 0 Å². The van der Waals surface area contributed by atoms with Gasteiger partial charge in [0.15, 0.2) is 0 Å². The molecule has 1 aliphatic carbocycles. The van der Waals surface area contributed by atoms with E-state index in [1.54, 1.807) is 0 Å². The molecule has 1 unspecified atom stereocenters. The number of hydrogen-bond acceptors (Lipinski definition) is 1. The first-order valence-corrected chi connectivity index (χ1v) is 7.55. The summed E-state index contributed by atoms with van der Waals surface area (Å²) in [4.78, 5) is 0. The van der Waals surface area contributed by atoms with Gasteiger partial charge in [0, 0.05) is 12.1 Å². The van der Waals surface area contributed by atoms with Crippen LogP contribution in [0.5, 0.6) is 0 Å². The van der Waals surface area contributed by atoms with Gasteiger partial charge in [-0.05, 0) is 50.2 Å². The molecule has 1 aliphatic rings. The quantitative estimate of drug-likeness (QED) is 0.806. The lowest BCUT2D eigenvalue weighted by Gasteiger charge is -2.25. The molecule has 0 saturated heterocycles. The van der Waals surface area contributed by atoms with E-state index < -0.39 is 0 Å². The zero-order valence-electron chi connectivity index (χ0n) is 12.1. The Hall–Kier alpha value is -0.820. The van der Waals surface area contributed by atoms with Crippen LogP contribution in [0.1, 0.15) is 63.6 Å². The van der Waals surface area contributed by atoms with Crippen molar-refractivity contribution in [1.29, 1.82) is 0 Å². The van der Waals surface area contributed by atoms with Crippen LogP contribution in [0, 0.1) is 5.92 Å². The molecule has 1 nitrogen and oxygen atoms in total. The zero-order chi connectivity index (χ0) is 13.0. The first-order chi connectivity index (χ1) is 8.70. The Morgan fingerprint density at radius 2 is 1.72 bits per heavy atom. The van der Waals surface area contributed by atoms with E-state index in [2.05, 4.69) is 50.4 Å². The Morgan fingerprint density at radius 3 is 2.28 bits per heavy atom. The minimum Gasteiger partial charge on any atom is -0.307 e. The monoisotopic (exact) mass is 245 g/mol. The maximum Gasteiger partial charge on any atom is 0.0294 e. The standard InChI is InChI=1S/C17H27N/c1-4-15-9-11-17(12-10-15)14(3)18-13(2)16-7-5-6-8-16/h9-14,16,18H,4-8H2,1-3H3/t13-,14?/m1/s1. The van der Waals surface area contributed by atoms with Crippen LogP contribution in [0.2, 0.25) is 0 Å². The van der Waals surface area contributed by atoms with Crippen LogP contribution < -0.4 is 5.32 Å². The fraction of sp³-hybridized carbons (Fsp3) is 0.647. The SMILES string of the molecule is CCc1ccc(C(C)N[C@H](C)C2CCCC2)cc1. The molecule has 100 valence electrons. The Balaban J connectivity index is 1.91. The van der Waals surface area contributed by atoms with Crippen LogP contribution in [0.4, 0.5) is 0 Å². The normalized spacial score (nSPS) is 19.9. The minimum absolute atomic E-state index is 0.464. The summed E-state index contributed by atoms with van der Waals surface area (Å²) in [7, 11) is 0. The molecule has 0 aromatic heterocycles. The molecular formula is C17H27N. The second kappa shape index (κ2) is 6.38. The summed E-state index contributed by atoms with van der Waals surface area (Å²) >= 11 is 0. The molecular weight excluding hydrogens is 218 g/mol. The van der Waals surface area contributed by atoms with Gasteiger partial charge in [-0.3, -0.25) is 0 Å². The topological polar surface area (TPSA) is 12.0 Å². The van der Waals surface area contributed by atoms with Crippen molar-refractivity contribution in [3.63, 3.8) is 0 Å². The molecule has 18 heavy (non-hydrogen) atoms. The molecule has 0 amide bonds. The zero-order valence-corrected chi connectivity index (χ0v) is 12.1. The number of aryl methyl sites for hydroxylation is 1. The average molecular weight is 245 g/mol. The van der Waals surface area contributed by atoms with Gasteiger partial charge in [0.05, 0.1) is 0 Å². The van der Waals surface area contributed by atoms with Gasteiger partial charge in [-0.1, -0.05) is 44.0 Å². The number of benzene rings is 1. The first kappa shape index (κ1) is 13.6. The molecule has 0 spiro atoms. The average Bonchev–Trinajstić information content (AvgIpc) is 2.92. The van der Waals surface area contributed by atoms with E-state index in [4.69, 9.17) is 0 Å². The van der Waals surface area contributed by atoms with E-state index in [9.17, 15) is 0 Å². The third kappa shape index (κ3) is 3.35. The molecule has 0 aliphatic heterocycles. The van der Waals surface area contributed by atoms with Gasteiger partial charge in [-0.25, -0.2) is 0 Å². The van der Waals surface area contributed by atoms with E-state index in [0.717, 1.165) is 12.3 Å². The van der Waals surface area contributed by atoms with E-state index in [-0.39, 0.29) is 0 Å². The van der Waals surface area contributed by atoms with Gasteiger partial charge in [-0.2, -0.15) is 0 Å². The van der Waals surface area contributed by atoms with Gasteiger partial charge in [-0.15, -0.1) is 0 Å². The van der Waals surface area contributed by atoms with Crippen molar-refractivity contribution in [2.24, 2.45) is 5.92 Å². The predicted octanol–water partition coefficient (Wildman–Crippen LogP) is 4.48. The second-order valence-electron chi connectivity index (χ2n) is 5.82. The van der Waals surface area contributed by atoms with Crippen LogP contribution in [0.15, 0.2) is 24.3 Å². The maximum absolute atomic E-state index is 3.78. The van der Waals surface area contributed by atoms with Crippen LogP contribution in [0.3, 0.4) is 0 Å². The maximum atomic E-state index is 3.78. The lowest BCUT2D eigenvalue weighted by Crippen LogP contribution is -2.34. The van der Waals surface area contributed by atoms with Crippen molar-refractivity contribution in [3.05, 3.63) is 35.4 Å². The molecule has 1 saturated carbocycles. The molecule has 2 rings (SSSR count). The highest BCUT2D eigenvalue weighted by molar-refractivity contribution is 5.24. The molecule has 0 radical (unpaired) electrons. The Bertz CT molecular complexity index is 348. The van der Waals surface area contributed by atoms with Crippen molar-refractivity contribution >= 4 is 0 Å². The Kier molecular flexibility index (Phi) is 4.82. The van der Waals surface area contributed by atoms with Gasteiger partial charge >= 0.3 is 0 Å². The predicted molar refractivity (Wildman–Crippen MR) is 78.8 cm³/mol. The van der Waals surface area contributed by atoms with Crippen LogP contribution in [0.25, 0.3) is 0 Å². The molecule has 2 atom stereocenters. The fourth-order valence-electron chi connectivity index (χ4n) is 3.13. The van der Waals surface area contributed by atoms with Gasteiger partial charge in [0.1, 0.15) is 0 Å². The van der Waals surface area contributed by atoms with Crippen LogP contribution >= 0.6 is 0 Å². The minimum atomic E-state index is 0.464. The summed E-state index contributed by atoms with van der Waals surface area (Å²) in [6, 6.07) is 10.2. The highest BCUT2D eigenvalue weighted by Crippen LogP contribution is 2.28. The molecule has 0 bridgehead atoms. The molecule has 1 N–H and O–H groups in total. The summed E-state index contributed by atoms with van der Waals surface area (Å²) in [6.07, 6.45) is 6.80. The van der Waals surface area contributed by atoms with Crippen molar-refractivity contribution in [1.82, 2.24) is 5.32 Å². The third-order valence-electron chi connectivity index (χ3n) is 4.51. The molecule has 1 heteroatoms. The largest absolute Gasteiger partial charge is 0.307 e. The number of nitrogens with one attached hydrogen (secondary N) is 1. The first-order valence-electron chi connectivity index (χ1n) is 7.55. The third-order valence-corrected chi connectivity index (χ3v) is 4.51. The van der Waals surface area contributed by atoms with Crippen molar-refractivity contribution in [2.45, 2.75) is 65.0 Å². The summed E-state index contributed by atoms with van der Waals surface area (Å²) < 4.78 is 0. The number of rotatable bonds is 5. The summed E-state index contributed by atoms with van der Waals surface area (Å²) in [5, 5.41) is 3.78. The lowest BCUT2D eigenvalue weighted by atomic mass is 9.97. The number of hydrogen-bond donors (Lipinski definition) is 1. The van der Waals surface area contributed by atoms with Crippen LogP contribution in [-0.2, 0) is 6.42 Å². The van der Waals surface area contributed by atoms with Crippen molar-refractivity contribution in [2.75, 3.05) is 0 Å². The van der Waals surface area contributed by atoms with Gasteiger partial charge < -0.3 is 5.32 Å². The molecule has 1 aromatic carbocycles. The van der Waals surface area contributed by atoms with E-state index in [1.807, 2.05) is 0 Å². The Morgan fingerprint density at radius 1 is 1.11 bits per heavy atom. The summed E-state index contributed by atoms with van der Waals surface area (Å²) in [6.45, 7) is 6.85.